The van der Waals surface area contributed by atoms with Gasteiger partial charge in [-0.3, -0.25) is 0 Å². The first-order valence-electron chi connectivity index (χ1n) is 7.90. The first-order valence-corrected chi connectivity index (χ1v) is 7.90. The highest BCUT2D eigenvalue weighted by atomic mass is 16.5. The highest BCUT2D eigenvalue weighted by Crippen LogP contribution is 2.20. The van der Waals surface area contributed by atoms with Crippen molar-refractivity contribution in [2.75, 3.05) is 6.61 Å². The van der Waals surface area contributed by atoms with E-state index >= 15 is 0 Å². The molecule has 0 unspecified atom stereocenters. The lowest BCUT2D eigenvalue weighted by Gasteiger charge is -2.10. The van der Waals surface area contributed by atoms with Crippen LogP contribution >= 0.6 is 0 Å². The molecule has 0 bridgehead atoms. The van der Waals surface area contributed by atoms with E-state index in [9.17, 15) is 0 Å². The Hall–Kier alpha value is -1.71. The van der Waals surface area contributed by atoms with Gasteiger partial charge in [-0.25, -0.2) is 0 Å². The van der Waals surface area contributed by atoms with Crippen LogP contribution in [-0.4, -0.2) is 17.6 Å². The zero-order chi connectivity index (χ0) is 15.5. The molecular weight excluding hydrogens is 264 g/mol. The average Bonchev–Trinajstić information content (AvgIpc) is 2.50. The van der Waals surface area contributed by atoms with Crippen LogP contribution in [0.3, 0.4) is 0 Å². The molecule has 0 aliphatic heterocycles. The van der Waals surface area contributed by atoms with Gasteiger partial charge in [0.05, 0.1) is 6.61 Å². The predicted octanol–water partition coefficient (Wildman–Crippen LogP) is 4.22. The molecule has 21 heavy (non-hydrogen) atoms. The number of hydrogen-bond donors (Lipinski definition) is 2. The summed E-state index contributed by atoms with van der Waals surface area (Å²) in [5.74, 6) is 0.917. The van der Waals surface area contributed by atoms with E-state index in [4.69, 9.17) is 15.7 Å². The molecular formula is C17H28N2O2. The van der Waals surface area contributed by atoms with Crippen LogP contribution in [0.4, 0.5) is 0 Å². The third-order valence-electron chi connectivity index (χ3n) is 3.60. The Balaban J connectivity index is 2.31. The number of aryl methyl sites for hydroxylation is 1. The molecule has 1 aromatic rings. The SMILES string of the molecule is CCCCCCCCCOc1cc(/C(N)=N/O)ccc1C. The van der Waals surface area contributed by atoms with Crippen molar-refractivity contribution in [3.8, 4) is 5.75 Å². The van der Waals surface area contributed by atoms with E-state index in [1.54, 1.807) is 0 Å². The molecule has 0 aliphatic rings. The standard InChI is InChI=1S/C17H28N2O2/c1-3-4-5-6-7-8-9-12-21-16-13-15(17(18)19-20)11-10-14(16)2/h10-11,13,20H,3-9,12H2,1-2H3,(H2,18,19). The van der Waals surface area contributed by atoms with E-state index in [0.29, 0.717) is 12.2 Å². The summed E-state index contributed by atoms with van der Waals surface area (Å²) in [6.45, 7) is 4.95. The van der Waals surface area contributed by atoms with Crippen molar-refractivity contribution in [1.29, 1.82) is 0 Å². The summed E-state index contributed by atoms with van der Waals surface area (Å²) >= 11 is 0. The molecule has 4 nitrogen and oxygen atoms in total. The topological polar surface area (TPSA) is 67.8 Å². The molecule has 1 rings (SSSR count). The second-order valence-corrected chi connectivity index (χ2v) is 5.44. The molecule has 0 aromatic heterocycles. The number of rotatable bonds is 10. The number of amidine groups is 1. The monoisotopic (exact) mass is 292 g/mol. The Kier molecular flexibility index (Phi) is 8.32. The van der Waals surface area contributed by atoms with Gasteiger partial charge in [-0.05, 0) is 25.0 Å². The van der Waals surface area contributed by atoms with Gasteiger partial charge in [0.15, 0.2) is 5.84 Å². The van der Waals surface area contributed by atoms with Gasteiger partial charge < -0.3 is 15.7 Å². The lowest BCUT2D eigenvalue weighted by atomic mass is 10.1. The molecule has 0 radical (unpaired) electrons. The second kappa shape index (κ2) is 10.1. The third kappa shape index (κ3) is 6.52. The number of hydrogen-bond acceptors (Lipinski definition) is 3. The molecule has 0 spiro atoms. The van der Waals surface area contributed by atoms with Crippen molar-refractivity contribution in [1.82, 2.24) is 0 Å². The quantitative estimate of drug-likeness (QED) is 0.223. The van der Waals surface area contributed by atoms with Gasteiger partial charge >= 0.3 is 0 Å². The molecule has 118 valence electrons. The van der Waals surface area contributed by atoms with Crippen molar-refractivity contribution in [2.45, 2.75) is 58.8 Å². The number of benzene rings is 1. The minimum Gasteiger partial charge on any atom is -0.493 e. The minimum atomic E-state index is 0.107. The van der Waals surface area contributed by atoms with Crippen molar-refractivity contribution < 1.29 is 9.94 Å². The van der Waals surface area contributed by atoms with E-state index in [1.165, 1.54) is 38.5 Å². The Morgan fingerprint density at radius 3 is 2.48 bits per heavy atom. The Bertz CT molecular complexity index is 444. The summed E-state index contributed by atoms with van der Waals surface area (Å²) in [7, 11) is 0. The average molecular weight is 292 g/mol. The zero-order valence-corrected chi connectivity index (χ0v) is 13.3. The van der Waals surface area contributed by atoms with Crippen LogP contribution in [0.15, 0.2) is 23.4 Å². The fraction of sp³-hybridized carbons (Fsp3) is 0.588. The maximum Gasteiger partial charge on any atom is 0.170 e. The Morgan fingerprint density at radius 2 is 1.81 bits per heavy atom. The Labute approximate surface area is 128 Å². The first-order chi connectivity index (χ1) is 10.2. The number of unbranched alkanes of at least 4 members (excludes halogenated alkanes) is 6. The van der Waals surface area contributed by atoms with Crippen LogP contribution < -0.4 is 10.5 Å². The maximum absolute atomic E-state index is 8.71. The summed E-state index contributed by atoms with van der Waals surface area (Å²) in [4.78, 5) is 0. The zero-order valence-electron chi connectivity index (χ0n) is 13.3. The number of ether oxygens (including phenoxy) is 1. The van der Waals surface area contributed by atoms with Crippen molar-refractivity contribution in [3.63, 3.8) is 0 Å². The summed E-state index contributed by atoms with van der Waals surface area (Å²) in [5, 5.41) is 11.7. The molecule has 0 amide bonds. The fourth-order valence-electron chi connectivity index (χ4n) is 2.21. The highest BCUT2D eigenvalue weighted by molar-refractivity contribution is 5.97. The summed E-state index contributed by atoms with van der Waals surface area (Å²) in [6, 6.07) is 5.57. The van der Waals surface area contributed by atoms with Crippen LogP contribution in [-0.2, 0) is 0 Å². The van der Waals surface area contributed by atoms with Gasteiger partial charge in [0.1, 0.15) is 5.75 Å². The molecule has 0 aliphatic carbocycles. The molecule has 0 saturated carbocycles. The van der Waals surface area contributed by atoms with Gasteiger partial charge in [-0.2, -0.15) is 0 Å². The van der Waals surface area contributed by atoms with Crippen LogP contribution in [0.5, 0.6) is 5.75 Å². The van der Waals surface area contributed by atoms with Crippen LogP contribution in [0, 0.1) is 6.92 Å². The number of nitrogens with two attached hydrogens (primary N) is 1. The summed E-state index contributed by atoms with van der Waals surface area (Å²) in [6.07, 6.45) is 8.87. The van der Waals surface area contributed by atoms with E-state index in [1.807, 2.05) is 25.1 Å². The third-order valence-corrected chi connectivity index (χ3v) is 3.60. The lowest BCUT2D eigenvalue weighted by molar-refractivity contribution is 0.302. The fourth-order valence-corrected chi connectivity index (χ4v) is 2.21. The molecule has 0 heterocycles. The van der Waals surface area contributed by atoms with Gasteiger partial charge in [0.2, 0.25) is 0 Å². The molecule has 4 heteroatoms. The van der Waals surface area contributed by atoms with E-state index < -0.39 is 0 Å². The van der Waals surface area contributed by atoms with E-state index in [2.05, 4.69) is 12.1 Å². The minimum absolute atomic E-state index is 0.107. The second-order valence-electron chi connectivity index (χ2n) is 5.44. The highest BCUT2D eigenvalue weighted by Gasteiger charge is 2.05. The largest absolute Gasteiger partial charge is 0.493 e. The molecule has 0 saturated heterocycles. The molecule has 1 aromatic carbocycles. The predicted molar refractivity (Wildman–Crippen MR) is 87.2 cm³/mol. The van der Waals surface area contributed by atoms with E-state index in [-0.39, 0.29) is 5.84 Å². The van der Waals surface area contributed by atoms with Gasteiger partial charge in [-0.15, -0.1) is 0 Å². The number of oxime groups is 1. The van der Waals surface area contributed by atoms with Gasteiger partial charge in [0.25, 0.3) is 0 Å². The normalized spacial score (nSPS) is 11.6. The Morgan fingerprint density at radius 1 is 1.14 bits per heavy atom. The van der Waals surface area contributed by atoms with Gasteiger partial charge in [-0.1, -0.05) is 62.7 Å². The van der Waals surface area contributed by atoms with Crippen molar-refractivity contribution >= 4 is 5.84 Å². The van der Waals surface area contributed by atoms with Crippen molar-refractivity contribution in [3.05, 3.63) is 29.3 Å². The summed E-state index contributed by atoms with van der Waals surface area (Å²) < 4.78 is 5.81. The molecule has 0 atom stereocenters. The van der Waals surface area contributed by atoms with Crippen molar-refractivity contribution in [2.24, 2.45) is 10.9 Å². The molecule has 0 fully saturated rings. The van der Waals surface area contributed by atoms with Crippen LogP contribution in [0.1, 0.15) is 63.0 Å². The number of nitrogens with zero attached hydrogens (tertiary/aromatic N) is 1. The van der Waals surface area contributed by atoms with Crippen LogP contribution in [0.25, 0.3) is 0 Å². The summed E-state index contributed by atoms with van der Waals surface area (Å²) in [5.41, 5.74) is 7.33. The van der Waals surface area contributed by atoms with Gasteiger partial charge in [0, 0.05) is 5.56 Å². The van der Waals surface area contributed by atoms with Crippen LogP contribution in [0.2, 0.25) is 0 Å². The first kappa shape index (κ1) is 17.3. The molecule has 3 N–H and O–H groups in total. The van der Waals surface area contributed by atoms with E-state index in [0.717, 1.165) is 17.7 Å². The maximum atomic E-state index is 8.71. The smallest absolute Gasteiger partial charge is 0.170 e. The lowest BCUT2D eigenvalue weighted by Crippen LogP contribution is -2.13.